The number of halogens is 1. The lowest BCUT2D eigenvalue weighted by atomic mass is 10.1. The first kappa shape index (κ1) is 17.3. The zero-order chi connectivity index (χ0) is 16.9. The number of hydrogen-bond acceptors (Lipinski definition) is 5. The van der Waals surface area contributed by atoms with Crippen molar-refractivity contribution in [2.75, 3.05) is 40.4 Å². The lowest BCUT2D eigenvalue weighted by Crippen LogP contribution is -2.45. The molecule has 0 N–H and O–H groups in total. The van der Waals surface area contributed by atoms with Gasteiger partial charge in [0, 0.05) is 37.2 Å². The fourth-order valence-electron chi connectivity index (χ4n) is 2.99. The Morgan fingerprint density at radius 1 is 1.00 bits per heavy atom. The van der Waals surface area contributed by atoms with Crippen molar-refractivity contribution in [3.63, 3.8) is 0 Å². The van der Waals surface area contributed by atoms with Crippen molar-refractivity contribution >= 4 is 15.9 Å². The van der Waals surface area contributed by atoms with Crippen LogP contribution in [0.3, 0.4) is 0 Å². The second kappa shape index (κ2) is 8.05. The minimum atomic E-state index is 0.747. The highest BCUT2D eigenvalue weighted by atomic mass is 79.9. The molecule has 0 bridgehead atoms. The van der Waals surface area contributed by atoms with E-state index >= 15 is 0 Å². The lowest BCUT2D eigenvalue weighted by molar-refractivity contribution is 0.116. The summed E-state index contributed by atoms with van der Waals surface area (Å²) in [4.78, 5) is 4.89. The number of ether oxygens (including phenoxy) is 2. The van der Waals surface area contributed by atoms with Gasteiger partial charge in [-0.1, -0.05) is 15.9 Å². The van der Waals surface area contributed by atoms with E-state index in [4.69, 9.17) is 13.9 Å². The summed E-state index contributed by atoms with van der Waals surface area (Å²) < 4.78 is 17.2. The first-order valence-corrected chi connectivity index (χ1v) is 8.86. The highest BCUT2D eigenvalue weighted by molar-refractivity contribution is 9.10. The number of piperazine rings is 1. The van der Waals surface area contributed by atoms with Crippen LogP contribution >= 0.6 is 15.9 Å². The molecular formula is C18H23BrN2O3. The fourth-order valence-corrected chi connectivity index (χ4v) is 3.43. The monoisotopic (exact) mass is 394 g/mol. The van der Waals surface area contributed by atoms with Gasteiger partial charge < -0.3 is 13.9 Å². The number of benzene rings is 1. The van der Waals surface area contributed by atoms with Crippen molar-refractivity contribution in [1.29, 1.82) is 0 Å². The standard InChI is InChI=1S/C18H23BrN2O3/c1-22-17-10-14(16(19)11-18(17)23-2)12-20-5-7-21(8-6-20)13-15-4-3-9-24-15/h3-4,9-11H,5-8,12-13H2,1-2H3. The Morgan fingerprint density at radius 2 is 1.62 bits per heavy atom. The van der Waals surface area contributed by atoms with E-state index in [9.17, 15) is 0 Å². The molecule has 2 aromatic rings. The molecule has 24 heavy (non-hydrogen) atoms. The molecule has 0 atom stereocenters. The summed E-state index contributed by atoms with van der Waals surface area (Å²) in [7, 11) is 3.32. The second-order valence-corrected chi connectivity index (χ2v) is 6.78. The molecule has 1 aliphatic heterocycles. The molecule has 130 valence electrons. The Morgan fingerprint density at radius 3 is 2.21 bits per heavy atom. The summed E-state index contributed by atoms with van der Waals surface area (Å²) in [5, 5.41) is 0. The predicted octanol–water partition coefficient (Wildman–Crippen LogP) is 3.38. The topological polar surface area (TPSA) is 38.1 Å². The Balaban J connectivity index is 1.58. The number of furan rings is 1. The van der Waals surface area contributed by atoms with Crippen LogP contribution < -0.4 is 9.47 Å². The van der Waals surface area contributed by atoms with E-state index in [2.05, 4.69) is 31.8 Å². The van der Waals surface area contributed by atoms with Crippen molar-refractivity contribution in [2.24, 2.45) is 0 Å². The first-order valence-electron chi connectivity index (χ1n) is 8.07. The molecule has 3 rings (SSSR count). The molecular weight excluding hydrogens is 372 g/mol. The van der Waals surface area contributed by atoms with Gasteiger partial charge in [-0.2, -0.15) is 0 Å². The van der Waals surface area contributed by atoms with E-state index < -0.39 is 0 Å². The molecule has 2 heterocycles. The molecule has 0 aliphatic carbocycles. The maximum Gasteiger partial charge on any atom is 0.161 e. The predicted molar refractivity (Wildman–Crippen MR) is 96.5 cm³/mol. The molecule has 1 aliphatic rings. The third-order valence-corrected chi connectivity index (χ3v) is 5.11. The van der Waals surface area contributed by atoms with Crippen LogP contribution in [0.4, 0.5) is 0 Å². The molecule has 1 fully saturated rings. The van der Waals surface area contributed by atoms with Crippen LogP contribution in [0.1, 0.15) is 11.3 Å². The zero-order valence-electron chi connectivity index (χ0n) is 14.1. The largest absolute Gasteiger partial charge is 0.493 e. The Bertz CT molecular complexity index is 653. The molecule has 0 unspecified atom stereocenters. The van der Waals surface area contributed by atoms with Gasteiger partial charge in [0.15, 0.2) is 11.5 Å². The molecule has 1 saturated heterocycles. The number of methoxy groups -OCH3 is 2. The normalized spacial score (nSPS) is 16.3. The molecule has 0 spiro atoms. The quantitative estimate of drug-likeness (QED) is 0.750. The van der Waals surface area contributed by atoms with E-state index in [-0.39, 0.29) is 0 Å². The van der Waals surface area contributed by atoms with Gasteiger partial charge in [-0.15, -0.1) is 0 Å². The molecule has 5 nitrogen and oxygen atoms in total. The maximum atomic E-state index is 5.43. The van der Waals surface area contributed by atoms with E-state index in [1.807, 2.05) is 18.2 Å². The average Bonchev–Trinajstić information content (AvgIpc) is 3.11. The van der Waals surface area contributed by atoms with Gasteiger partial charge in [-0.3, -0.25) is 9.80 Å². The van der Waals surface area contributed by atoms with Crippen LogP contribution in [0, 0.1) is 0 Å². The summed E-state index contributed by atoms with van der Waals surface area (Å²) in [6, 6.07) is 8.01. The highest BCUT2D eigenvalue weighted by Crippen LogP contribution is 2.34. The minimum Gasteiger partial charge on any atom is -0.493 e. The molecule has 1 aromatic carbocycles. The van der Waals surface area contributed by atoms with Crippen LogP contribution in [0.5, 0.6) is 11.5 Å². The fraction of sp³-hybridized carbons (Fsp3) is 0.444. The summed E-state index contributed by atoms with van der Waals surface area (Å²) in [6.07, 6.45) is 1.74. The molecule has 0 amide bonds. The van der Waals surface area contributed by atoms with E-state index in [0.717, 1.165) is 61.0 Å². The lowest BCUT2D eigenvalue weighted by Gasteiger charge is -2.34. The van der Waals surface area contributed by atoms with Gasteiger partial charge >= 0.3 is 0 Å². The van der Waals surface area contributed by atoms with Crippen molar-refractivity contribution < 1.29 is 13.9 Å². The number of hydrogen-bond donors (Lipinski definition) is 0. The third-order valence-electron chi connectivity index (χ3n) is 4.37. The van der Waals surface area contributed by atoms with Crippen LogP contribution in [-0.4, -0.2) is 50.2 Å². The average molecular weight is 395 g/mol. The smallest absolute Gasteiger partial charge is 0.161 e. The second-order valence-electron chi connectivity index (χ2n) is 5.93. The zero-order valence-corrected chi connectivity index (χ0v) is 15.7. The van der Waals surface area contributed by atoms with E-state index in [1.165, 1.54) is 5.56 Å². The van der Waals surface area contributed by atoms with Crippen molar-refractivity contribution in [3.05, 3.63) is 46.3 Å². The summed E-state index contributed by atoms with van der Waals surface area (Å²) in [5.41, 5.74) is 1.21. The Kier molecular flexibility index (Phi) is 5.81. The molecule has 0 radical (unpaired) electrons. The van der Waals surface area contributed by atoms with E-state index in [1.54, 1.807) is 20.5 Å². The highest BCUT2D eigenvalue weighted by Gasteiger charge is 2.19. The summed E-state index contributed by atoms with van der Waals surface area (Å²) in [5.74, 6) is 2.55. The van der Waals surface area contributed by atoms with Gasteiger partial charge in [0.1, 0.15) is 5.76 Å². The van der Waals surface area contributed by atoms with Crippen LogP contribution in [0.2, 0.25) is 0 Å². The Labute approximate surface area is 151 Å². The minimum absolute atomic E-state index is 0.747. The maximum absolute atomic E-state index is 5.43. The molecule has 0 saturated carbocycles. The van der Waals surface area contributed by atoms with Gasteiger partial charge in [0.2, 0.25) is 0 Å². The summed E-state index contributed by atoms with van der Waals surface area (Å²) in [6.45, 7) is 5.97. The first-order chi connectivity index (χ1) is 11.7. The van der Waals surface area contributed by atoms with E-state index in [0.29, 0.717) is 0 Å². The van der Waals surface area contributed by atoms with Crippen LogP contribution in [-0.2, 0) is 13.1 Å². The van der Waals surface area contributed by atoms with Crippen LogP contribution in [0.15, 0.2) is 39.4 Å². The van der Waals surface area contributed by atoms with Gasteiger partial charge in [0.25, 0.3) is 0 Å². The van der Waals surface area contributed by atoms with Crippen molar-refractivity contribution in [3.8, 4) is 11.5 Å². The third kappa shape index (κ3) is 4.12. The molecule has 6 heteroatoms. The van der Waals surface area contributed by atoms with Gasteiger partial charge in [0.05, 0.1) is 27.0 Å². The van der Waals surface area contributed by atoms with Crippen molar-refractivity contribution in [2.45, 2.75) is 13.1 Å². The number of nitrogens with zero attached hydrogens (tertiary/aromatic N) is 2. The summed E-state index contributed by atoms with van der Waals surface area (Å²) >= 11 is 3.64. The SMILES string of the molecule is COc1cc(Br)c(CN2CCN(Cc3ccco3)CC2)cc1OC. The Hall–Kier alpha value is -1.50. The van der Waals surface area contributed by atoms with Gasteiger partial charge in [-0.25, -0.2) is 0 Å². The molecule has 1 aromatic heterocycles. The van der Waals surface area contributed by atoms with Crippen molar-refractivity contribution in [1.82, 2.24) is 9.80 Å². The van der Waals surface area contributed by atoms with Gasteiger partial charge in [-0.05, 0) is 29.8 Å². The van der Waals surface area contributed by atoms with Crippen LogP contribution in [0.25, 0.3) is 0 Å². The number of rotatable bonds is 6.